The fourth-order valence-corrected chi connectivity index (χ4v) is 3.20. The monoisotopic (exact) mass is 288 g/mol. The van der Waals surface area contributed by atoms with Gasteiger partial charge in [-0.2, -0.15) is 0 Å². The molecular weight excluding hydrogens is 264 g/mol. The number of amides is 2. The van der Waals surface area contributed by atoms with Gasteiger partial charge in [0.15, 0.2) is 0 Å². The van der Waals surface area contributed by atoms with Crippen LogP contribution in [0.15, 0.2) is 12.1 Å². The summed E-state index contributed by atoms with van der Waals surface area (Å²) in [6.07, 6.45) is 9.55. The molecule has 1 aliphatic carbocycles. The van der Waals surface area contributed by atoms with Crippen LogP contribution in [0.1, 0.15) is 76.8 Å². The van der Waals surface area contributed by atoms with E-state index in [4.69, 9.17) is 11.5 Å². The van der Waals surface area contributed by atoms with Crippen molar-refractivity contribution < 1.29 is 9.59 Å². The van der Waals surface area contributed by atoms with Crippen LogP contribution in [0.25, 0.3) is 0 Å². The molecule has 0 saturated carbocycles. The molecule has 0 aromatic heterocycles. The van der Waals surface area contributed by atoms with Crippen LogP contribution < -0.4 is 11.5 Å². The predicted molar refractivity (Wildman–Crippen MR) is 83.2 cm³/mol. The molecule has 0 radical (unpaired) electrons. The van der Waals surface area contributed by atoms with Gasteiger partial charge in [-0.3, -0.25) is 9.59 Å². The van der Waals surface area contributed by atoms with Crippen molar-refractivity contribution in [1.82, 2.24) is 0 Å². The average Bonchev–Trinajstić information content (AvgIpc) is 2.43. The first-order valence-corrected chi connectivity index (χ1v) is 7.85. The van der Waals surface area contributed by atoms with Crippen molar-refractivity contribution in [3.05, 3.63) is 34.4 Å². The minimum atomic E-state index is -0.480. The van der Waals surface area contributed by atoms with Crippen LogP contribution in [-0.4, -0.2) is 11.8 Å². The van der Waals surface area contributed by atoms with Gasteiger partial charge in [0.05, 0.1) is 0 Å². The van der Waals surface area contributed by atoms with Gasteiger partial charge in [0.1, 0.15) is 0 Å². The number of benzene rings is 1. The van der Waals surface area contributed by atoms with Crippen LogP contribution >= 0.6 is 0 Å². The maximum absolute atomic E-state index is 11.9. The highest BCUT2D eigenvalue weighted by molar-refractivity contribution is 6.02. The highest BCUT2D eigenvalue weighted by atomic mass is 16.1. The van der Waals surface area contributed by atoms with Crippen molar-refractivity contribution >= 4 is 11.8 Å². The van der Waals surface area contributed by atoms with Crippen molar-refractivity contribution in [2.45, 2.75) is 57.8 Å². The van der Waals surface area contributed by atoms with Crippen molar-refractivity contribution in [2.24, 2.45) is 11.5 Å². The lowest BCUT2D eigenvalue weighted by atomic mass is 9.88. The molecule has 114 valence electrons. The van der Waals surface area contributed by atoms with E-state index in [-0.39, 0.29) is 0 Å². The van der Waals surface area contributed by atoms with Crippen LogP contribution in [0.3, 0.4) is 0 Å². The minimum Gasteiger partial charge on any atom is -0.366 e. The third-order valence-corrected chi connectivity index (χ3v) is 4.28. The molecule has 0 fully saturated rings. The van der Waals surface area contributed by atoms with E-state index in [0.29, 0.717) is 17.5 Å². The molecule has 0 spiro atoms. The molecule has 0 aliphatic heterocycles. The van der Waals surface area contributed by atoms with Gasteiger partial charge in [-0.25, -0.2) is 0 Å². The molecule has 4 N–H and O–H groups in total. The lowest BCUT2D eigenvalue weighted by Gasteiger charge is -2.16. The van der Waals surface area contributed by atoms with Crippen molar-refractivity contribution in [3.63, 3.8) is 0 Å². The summed E-state index contributed by atoms with van der Waals surface area (Å²) in [5.41, 5.74) is 13.7. The number of carbonyl (C=O) groups excluding carboxylic acids is 2. The number of hydrogen-bond donors (Lipinski definition) is 2. The third kappa shape index (κ3) is 3.84. The van der Waals surface area contributed by atoms with Gasteiger partial charge < -0.3 is 11.5 Å². The first-order chi connectivity index (χ1) is 10.1. The quantitative estimate of drug-likeness (QED) is 0.876. The zero-order chi connectivity index (χ0) is 15.2. The molecule has 1 aliphatic rings. The SMILES string of the molecule is NC(=O)c1ccc2c(C(N)=O)c1CCCCCCCCC2. The molecule has 21 heavy (non-hydrogen) atoms. The van der Waals surface area contributed by atoms with E-state index >= 15 is 0 Å². The second kappa shape index (κ2) is 7.25. The Morgan fingerprint density at radius 2 is 1.33 bits per heavy atom. The van der Waals surface area contributed by atoms with Gasteiger partial charge in [0, 0.05) is 11.1 Å². The molecule has 0 unspecified atom stereocenters. The summed E-state index contributed by atoms with van der Waals surface area (Å²) >= 11 is 0. The topological polar surface area (TPSA) is 86.2 Å². The van der Waals surface area contributed by atoms with Gasteiger partial charge in [0.2, 0.25) is 11.8 Å². The van der Waals surface area contributed by atoms with Gasteiger partial charge in [-0.1, -0.05) is 38.2 Å². The number of rotatable bonds is 2. The summed E-state index contributed by atoms with van der Waals surface area (Å²) in [7, 11) is 0. The van der Waals surface area contributed by atoms with E-state index < -0.39 is 11.8 Å². The summed E-state index contributed by atoms with van der Waals surface area (Å²) < 4.78 is 0. The molecule has 4 heteroatoms. The number of primary amides is 2. The average molecular weight is 288 g/mol. The summed E-state index contributed by atoms with van der Waals surface area (Å²) in [5, 5.41) is 0. The Morgan fingerprint density at radius 1 is 0.762 bits per heavy atom. The maximum Gasteiger partial charge on any atom is 0.249 e. The summed E-state index contributed by atoms with van der Waals surface area (Å²) in [5.74, 6) is -0.925. The largest absolute Gasteiger partial charge is 0.366 e. The zero-order valence-electron chi connectivity index (χ0n) is 12.5. The molecule has 2 rings (SSSR count). The molecule has 0 heterocycles. The fraction of sp³-hybridized carbons (Fsp3) is 0.529. The van der Waals surface area contributed by atoms with E-state index in [1.54, 1.807) is 6.07 Å². The van der Waals surface area contributed by atoms with Gasteiger partial charge >= 0.3 is 0 Å². The lowest BCUT2D eigenvalue weighted by Crippen LogP contribution is -2.22. The Morgan fingerprint density at radius 3 is 1.90 bits per heavy atom. The number of aryl methyl sites for hydroxylation is 1. The maximum atomic E-state index is 11.9. The minimum absolute atomic E-state index is 0.444. The Hall–Kier alpha value is -1.84. The van der Waals surface area contributed by atoms with Gasteiger partial charge in [0.25, 0.3) is 0 Å². The summed E-state index contributed by atoms with van der Waals surface area (Å²) in [4.78, 5) is 23.5. The van der Waals surface area contributed by atoms with Crippen LogP contribution in [-0.2, 0) is 12.8 Å². The van der Waals surface area contributed by atoms with Crippen LogP contribution in [0, 0.1) is 0 Å². The van der Waals surface area contributed by atoms with Crippen molar-refractivity contribution in [1.29, 1.82) is 0 Å². The van der Waals surface area contributed by atoms with E-state index in [1.165, 1.54) is 25.7 Å². The molecule has 2 amide bonds. The zero-order valence-corrected chi connectivity index (χ0v) is 12.5. The Kier molecular flexibility index (Phi) is 5.37. The van der Waals surface area contributed by atoms with Crippen LogP contribution in [0.2, 0.25) is 0 Å². The third-order valence-electron chi connectivity index (χ3n) is 4.28. The smallest absolute Gasteiger partial charge is 0.249 e. The number of nitrogens with two attached hydrogens (primary N) is 2. The highest BCUT2D eigenvalue weighted by Gasteiger charge is 2.19. The normalized spacial score (nSPS) is 16.6. The van der Waals surface area contributed by atoms with Crippen LogP contribution in [0.4, 0.5) is 0 Å². The highest BCUT2D eigenvalue weighted by Crippen LogP contribution is 2.24. The first kappa shape index (κ1) is 15.5. The first-order valence-electron chi connectivity index (χ1n) is 7.85. The van der Waals surface area contributed by atoms with Gasteiger partial charge in [-0.05, 0) is 42.9 Å². The second-order valence-electron chi connectivity index (χ2n) is 5.83. The number of carbonyl (C=O) groups is 2. The molecule has 2 bridgehead atoms. The van der Waals surface area contributed by atoms with E-state index in [0.717, 1.165) is 36.8 Å². The van der Waals surface area contributed by atoms with Crippen molar-refractivity contribution in [2.75, 3.05) is 0 Å². The summed E-state index contributed by atoms with van der Waals surface area (Å²) in [6.45, 7) is 0. The van der Waals surface area contributed by atoms with E-state index in [1.807, 2.05) is 6.07 Å². The van der Waals surface area contributed by atoms with Crippen LogP contribution in [0.5, 0.6) is 0 Å². The van der Waals surface area contributed by atoms with Gasteiger partial charge in [-0.15, -0.1) is 0 Å². The second-order valence-corrected chi connectivity index (χ2v) is 5.83. The summed E-state index contributed by atoms with van der Waals surface area (Å²) in [6, 6.07) is 3.60. The van der Waals surface area contributed by atoms with E-state index in [9.17, 15) is 9.59 Å². The Labute approximate surface area is 125 Å². The standard InChI is InChI=1S/C17H24N2O2/c18-16(20)14-11-10-12-8-6-4-2-1-3-5-7-9-13(14)15(12)17(19)21/h10-11H,1-9H2,(H2,18,20)(H2,19,21). The van der Waals surface area contributed by atoms with E-state index in [2.05, 4.69) is 0 Å². The molecule has 0 atom stereocenters. The predicted octanol–water partition coefficient (Wildman–Crippen LogP) is 2.71. The molecule has 1 aromatic carbocycles. The molecular formula is C17H24N2O2. The molecule has 0 saturated heterocycles. The Balaban J connectivity index is 2.46. The fourth-order valence-electron chi connectivity index (χ4n) is 3.20. The lowest BCUT2D eigenvalue weighted by molar-refractivity contribution is 0.0998. The van der Waals surface area contributed by atoms with Crippen molar-refractivity contribution in [3.8, 4) is 0 Å². The number of hydrogen-bond acceptors (Lipinski definition) is 2. The molecule has 4 nitrogen and oxygen atoms in total. The Bertz CT molecular complexity index is 538. The number of fused-ring (bicyclic) bond motifs is 2. The molecule has 1 aromatic rings.